The Bertz CT molecular complexity index is 622. The highest BCUT2D eigenvalue weighted by molar-refractivity contribution is 5.81. The standard InChI is InChI=1S/C20H25NO4/c22-18(23)17(21-19(24)25-12-13-4-2-1-3-5-13)20-9-14-6-15(10-20)8-16(7-14)11-20/h1-5,14-17H,6-12H2,(H,21,24)(H,22,23)/t14?,15?,16?,17-,20?/m1/s1. The SMILES string of the molecule is O=C(N[C@H](C(=O)O)C12CC3CC(CC(C3)C1)C2)OCc1ccccc1. The topological polar surface area (TPSA) is 75.6 Å². The van der Waals surface area contributed by atoms with Gasteiger partial charge in [-0.05, 0) is 61.8 Å². The summed E-state index contributed by atoms with van der Waals surface area (Å²) in [6, 6.07) is 8.57. The van der Waals surface area contributed by atoms with Crippen molar-refractivity contribution >= 4 is 12.1 Å². The molecule has 0 aliphatic heterocycles. The number of carboxylic acid groups (broad SMARTS) is 1. The van der Waals surface area contributed by atoms with Crippen molar-refractivity contribution in [2.24, 2.45) is 23.2 Å². The van der Waals surface area contributed by atoms with E-state index in [2.05, 4.69) is 5.32 Å². The lowest BCUT2D eigenvalue weighted by Crippen LogP contribution is -2.59. The van der Waals surface area contributed by atoms with Crippen LogP contribution in [0.3, 0.4) is 0 Å². The number of hydrogen-bond acceptors (Lipinski definition) is 3. The van der Waals surface area contributed by atoms with Gasteiger partial charge in [0, 0.05) is 5.41 Å². The number of benzene rings is 1. The molecule has 1 aromatic rings. The van der Waals surface area contributed by atoms with E-state index in [4.69, 9.17) is 4.74 Å². The lowest BCUT2D eigenvalue weighted by molar-refractivity contribution is -0.151. The Morgan fingerprint density at radius 2 is 1.64 bits per heavy atom. The first-order valence-electron chi connectivity index (χ1n) is 9.24. The number of carboxylic acids is 1. The summed E-state index contributed by atoms with van der Waals surface area (Å²) in [5.41, 5.74) is 0.603. The number of nitrogens with one attached hydrogen (secondary N) is 1. The molecular weight excluding hydrogens is 318 g/mol. The van der Waals surface area contributed by atoms with Crippen molar-refractivity contribution in [3.8, 4) is 0 Å². The van der Waals surface area contributed by atoms with Gasteiger partial charge in [-0.2, -0.15) is 0 Å². The van der Waals surface area contributed by atoms with Crippen molar-refractivity contribution in [1.29, 1.82) is 0 Å². The first kappa shape index (κ1) is 16.4. The molecule has 5 nitrogen and oxygen atoms in total. The molecule has 4 aliphatic rings. The fourth-order valence-corrected chi connectivity index (χ4v) is 5.89. The molecule has 0 saturated heterocycles. The Balaban J connectivity index is 1.43. The molecule has 0 unspecified atom stereocenters. The van der Waals surface area contributed by atoms with Crippen molar-refractivity contribution in [3.63, 3.8) is 0 Å². The smallest absolute Gasteiger partial charge is 0.408 e. The van der Waals surface area contributed by atoms with Crippen molar-refractivity contribution in [3.05, 3.63) is 35.9 Å². The fourth-order valence-electron chi connectivity index (χ4n) is 5.89. The molecule has 4 aliphatic carbocycles. The Morgan fingerprint density at radius 3 is 2.16 bits per heavy atom. The zero-order valence-corrected chi connectivity index (χ0v) is 14.3. The molecule has 5 heteroatoms. The molecule has 25 heavy (non-hydrogen) atoms. The van der Waals surface area contributed by atoms with Crippen LogP contribution in [-0.2, 0) is 16.1 Å². The van der Waals surface area contributed by atoms with Crippen LogP contribution in [0.4, 0.5) is 4.79 Å². The highest BCUT2D eigenvalue weighted by atomic mass is 16.5. The van der Waals surface area contributed by atoms with E-state index in [0.29, 0.717) is 17.8 Å². The summed E-state index contributed by atoms with van der Waals surface area (Å²) in [6.45, 7) is 0.153. The molecule has 134 valence electrons. The minimum atomic E-state index is -0.932. The molecule has 5 rings (SSSR count). The van der Waals surface area contributed by atoms with E-state index in [1.54, 1.807) is 0 Å². The van der Waals surface area contributed by atoms with Gasteiger partial charge in [-0.3, -0.25) is 0 Å². The molecule has 1 aromatic carbocycles. The second kappa shape index (κ2) is 6.36. The lowest BCUT2D eigenvalue weighted by atomic mass is 9.47. The summed E-state index contributed by atoms with van der Waals surface area (Å²) in [7, 11) is 0. The molecule has 2 N–H and O–H groups in total. The lowest BCUT2D eigenvalue weighted by Gasteiger charge is -2.58. The maximum absolute atomic E-state index is 12.2. The predicted molar refractivity (Wildman–Crippen MR) is 91.8 cm³/mol. The van der Waals surface area contributed by atoms with Gasteiger partial charge < -0.3 is 15.2 Å². The van der Waals surface area contributed by atoms with Gasteiger partial charge in [0.05, 0.1) is 0 Å². The van der Waals surface area contributed by atoms with Gasteiger partial charge in [-0.15, -0.1) is 0 Å². The van der Waals surface area contributed by atoms with E-state index in [1.165, 1.54) is 19.3 Å². The number of rotatable bonds is 5. The number of alkyl carbamates (subject to hydrolysis) is 1. The minimum Gasteiger partial charge on any atom is -0.480 e. The van der Waals surface area contributed by atoms with Crippen molar-refractivity contribution < 1.29 is 19.4 Å². The minimum absolute atomic E-state index is 0.153. The van der Waals surface area contributed by atoms with Crippen LogP contribution in [0.2, 0.25) is 0 Å². The summed E-state index contributed by atoms with van der Waals surface area (Å²) >= 11 is 0. The molecule has 4 fully saturated rings. The summed E-state index contributed by atoms with van der Waals surface area (Å²) in [4.78, 5) is 24.2. The van der Waals surface area contributed by atoms with E-state index >= 15 is 0 Å². The summed E-state index contributed by atoms with van der Waals surface area (Å²) in [6.07, 6.45) is 5.86. The van der Waals surface area contributed by atoms with E-state index < -0.39 is 18.1 Å². The van der Waals surface area contributed by atoms with Gasteiger partial charge in [0.1, 0.15) is 12.6 Å². The fraction of sp³-hybridized carbons (Fsp3) is 0.600. The third-order valence-electron chi connectivity index (χ3n) is 6.42. The largest absolute Gasteiger partial charge is 0.480 e. The van der Waals surface area contributed by atoms with Crippen LogP contribution < -0.4 is 5.32 Å². The Kier molecular flexibility index (Phi) is 4.18. The number of carbonyl (C=O) groups is 2. The van der Waals surface area contributed by atoms with Crippen molar-refractivity contribution in [2.75, 3.05) is 0 Å². The van der Waals surface area contributed by atoms with Crippen molar-refractivity contribution in [1.82, 2.24) is 5.32 Å². The third-order valence-corrected chi connectivity index (χ3v) is 6.42. The molecule has 4 saturated carbocycles. The second-order valence-electron chi connectivity index (χ2n) is 8.26. The Morgan fingerprint density at radius 1 is 1.08 bits per heavy atom. The molecule has 4 bridgehead atoms. The van der Waals surface area contributed by atoms with Crippen LogP contribution >= 0.6 is 0 Å². The summed E-state index contributed by atoms with van der Waals surface area (Å²) in [5.74, 6) is 0.972. The van der Waals surface area contributed by atoms with E-state index in [-0.39, 0.29) is 12.0 Å². The summed E-state index contributed by atoms with van der Waals surface area (Å²) in [5, 5.41) is 12.5. The first-order chi connectivity index (χ1) is 12.0. The third kappa shape index (κ3) is 3.24. The molecule has 0 spiro atoms. The van der Waals surface area contributed by atoms with Crippen LogP contribution in [-0.4, -0.2) is 23.2 Å². The number of hydrogen-bond donors (Lipinski definition) is 2. The highest BCUT2D eigenvalue weighted by Gasteiger charge is 2.56. The van der Waals surface area contributed by atoms with Crippen LogP contribution in [0.25, 0.3) is 0 Å². The molecule has 0 heterocycles. The predicted octanol–water partition coefficient (Wildman–Crippen LogP) is 3.58. The van der Waals surface area contributed by atoms with Gasteiger partial charge in [0.25, 0.3) is 0 Å². The molecule has 0 radical (unpaired) electrons. The van der Waals surface area contributed by atoms with Crippen LogP contribution in [0.5, 0.6) is 0 Å². The molecule has 1 atom stereocenters. The van der Waals surface area contributed by atoms with E-state index in [9.17, 15) is 14.7 Å². The maximum atomic E-state index is 12.2. The molecule has 0 aromatic heterocycles. The molecule has 1 amide bonds. The highest BCUT2D eigenvalue weighted by Crippen LogP contribution is 2.61. The maximum Gasteiger partial charge on any atom is 0.408 e. The zero-order chi connectivity index (χ0) is 17.4. The van der Waals surface area contributed by atoms with Crippen LogP contribution in [0.15, 0.2) is 30.3 Å². The average Bonchev–Trinajstić information content (AvgIpc) is 2.57. The van der Waals surface area contributed by atoms with E-state index in [1.807, 2.05) is 30.3 Å². The number of ether oxygens (including phenoxy) is 1. The van der Waals surface area contributed by atoms with Gasteiger partial charge in [-0.25, -0.2) is 9.59 Å². The number of carbonyl (C=O) groups excluding carboxylic acids is 1. The van der Waals surface area contributed by atoms with Gasteiger partial charge >= 0.3 is 12.1 Å². The van der Waals surface area contributed by atoms with Gasteiger partial charge in [0.15, 0.2) is 0 Å². The molecular formula is C20H25NO4. The van der Waals surface area contributed by atoms with Gasteiger partial charge in [0.2, 0.25) is 0 Å². The van der Waals surface area contributed by atoms with Crippen molar-refractivity contribution in [2.45, 2.75) is 51.2 Å². The quantitative estimate of drug-likeness (QED) is 0.857. The number of aliphatic carboxylic acids is 1. The van der Waals surface area contributed by atoms with Gasteiger partial charge in [-0.1, -0.05) is 30.3 Å². The Labute approximate surface area is 147 Å². The first-order valence-corrected chi connectivity index (χ1v) is 9.24. The average molecular weight is 343 g/mol. The zero-order valence-electron chi connectivity index (χ0n) is 14.3. The van der Waals surface area contributed by atoms with Crippen LogP contribution in [0.1, 0.15) is 44.1 Å². The van der Waals surface area contributed by atoms with E-state index in [0.717, 1.165) is 24.8 Å². The monoisotopic (exact) mass is 343 g/mol. The second-order valence-corrected chi connectivity index (χ2v) is 8.26. The number of amides is 1. The Hall–Kier alpha value is -2.04. The van der Waals surface area contributed by atoms with Crippen LogP contribution in [0, 0.1) is 23.2 Å². The normalized spacial score (nSPS) is 33.7. The summed E-state index contributed by atoms with van der Waals surface area (Å²) < 4.78 is 5.26.